The van der Waals surface area contributed by atoms with Gasteiger partial charge in [-0.2, -0.15) is 47.0 Å². The number of esters is 1. The molecule has 8 nitrogen and oxygen atoms in total. The summed E-state index contributed by atoms with van der Waals surface area (Å²) in [6.07, 6.45) is 2.78. The van der Waals surface area contributed by atoms with Gasteiger partial charge in [0.15, 0.2) is 5.12 Å². The summed E-state index contributed by atoms with van der Waals surface area (Å²) < 4.78 is 17.0. The lowest BCUT2D eigenvalue weighted by atomic mass is 10.5. The van der Waals surface area contributed by atoms with Crippen LogP contribution in [0.25, 0.3) is 0 Å². The summed E-state index contributed by atoms with van der Waals surface area (Å²) in [6, 6.07) is 0. The minimum atomic E-state index is -0.817. The van der Waals surface area contributed by atoms with E-state index < -0.39 is 10.8 Å². The molecule has 0 saturated heterocycles. The molecule has 0 aromatic heterocycles. The van der Waals surface area contributed by atoms with Crippen molar-refractivity contribution in [3.8, 4) is 0 Å². The second-order valence-electron chi connectivity index (χ2n) is 6.86. The molecule has 0 aromatic carbocycles. The average Bonchev–Trinajstić information content (AvgIpc) is 2.92. The maximum atomic E-state index is 12.1. The summed E-state index contributed by atoms with van der Waals surface area (Å²) in [5.74, 6) is 4.49. The van der Waals surface area contributed by atoms with E-state index in [0.717, 1.165) is 68.0 Å². The van der Waals surface area contributed by atoms with Crippen LogP contribution >= 0.6 is 106 Å². The van der Waals surface area contributed by atoms with Gasteiger partial charge in [-0.25, -0.2) is 9.78 Å². The van der Waals surface area contributed by atoms with Crippen molar-refractivity contribution in [2.45, 2.75) is 25.7 Å². The summed E-state index contributed by atoms with van der Waals surface area (Å²) in [7, 11) is -0.817. The van der Waals surface area contributed by atoms with Crippen molar-refractivity contribution >= 4 is 128 Å². The van der Waals surface area contributed by atoms with Gasteiger partial charge in [-0.05, 0) is 24.3 Å². The maximum absolute atomic E-state index is 12.1. The lowest BCUT2D eigenvalue weighted by molar-refractivity contribution is -0.278. The Morgan fingerprint density at radius 2 is 1.31 bits per heavy atom. The van der Waals surface area contributed by atoms with Crippen LogP contribution in [0.1, 0.15) is 25.7 Å². The summed E-state index contributed by atoms with van der Waals surface area (Å²) in [6.45, 7) is 0.542. The molecule has 0 heterocycles. The number of thioether (sulfide) groups is 9. The highest BCUT2D eigenvalue weighted by atomic mass is 32.3. The molecule has 0 aliphatic carbocycles. The standard InChI is InChI=1S/C21H40O8S10/c22-11-34-13-27-20(24)3-8-32-16-31-7-2-10-39(26)19-37-17-36-18-38-21(25)4-9-33-15-30-6-1-5-28-29-14-35-12-23/h22-23H,1-19H2. The first-order valence-electron chi connectivity index (χ1n) is 11.8. The number of hydrogen-bond donors (Lipinski definition) is 2. The molecule has 39 heavy (non-hydrogen) atoms. The Balaban J connectivity index is 3.31. The molecule has 1 unspecified atom stereocenters. The van der Waals surface area contributed by atoms with Gasteiger partial charge in [0.2, 0.25) is 0 Å². The first-order chi connectivity index (χ1) is 19.1. The van der Waals surface area contributed by atoms with Gasteiger partial charge in [0, 0.05) is 54.8 Å². The fourth-order valence-corrected chi connectivity index (χ4v) is 12.0. The predicted molar refractivity (Wildman–Crippen MR) is 186 cm³/mol. The van der Waals surface area contributed by atoms with Crippen LogP contribution in [0.3, 0.4) is 0 Å². The first-order valence-corrected chi connectivity index (χ1v) is 23.6. The SMILES string of the molecule is O=C(CCSCSCCCS(=O)CSCSCSC(=O)CCSCSCCCOOCSCO)OCSCO. The Morgan fingerprint density at radius 1 is 0.667 bits per heavy atom. The molecule has 0 amide bonds. The van der Waals surface area contributed by atoms with Crippen molar-refractivity contribution in [3.05, 3.63) is 0 Å². The number of carbonyl (C=O) groups excluding carboxylic acids is 2. The zero-order valence-electron chi connectivity index (χ0n) is 21.9. The highest BCUT2D eigenvalue weighted by Crippen LogP contribution is 2.22. The topological polar surface area (TPSA) is 119 Å². The molecule has 0 spiro atoms. The Kier molecular flexibility index (Phi) is 36.8. The van der Waals surface area contributed by atoms with E-state index in [0.29, 0.717) is 36.2 Å². The van der Waals surface area contributed by atoms with E-state index in [1.807, 2.05) is 11.8 Å². The van der Waals surface area contributed by atoms with E-state index >= 15 is 0 Å². The Bertz CT molecular complexity index is 595. The van der Waals surface area contributed by atoms with Gasteiger partial charge < -0.3 is 14.9 Å². The second-order valence-corrected chi connectivity index (χ2v) is 19.5. The van der Waals surface area contributed by atoms with Crippen molar-refractivity contribution in [1.82, 2.24) is 0 Å². The minimum absolute atomic E-state index is 0.0273. The Labute approximate surface area is 274 Å². The molecule has 0 aliphatic heterocycles. The maximum Gasteiger partial charge on any atom is 0.307 e. The second kappa shape index (κ2) is 34.8. The van der Waals surface area contributed by atoms with Crippen LogP contribution in [-0.4, -0.2) is 110 Å². The lowest BCUT2D eigenvalue weighted by Crippen LogP contribution is -2.05. The van der Waals surface area contributed by atoms with Crippen LogP contribution < -0.4 is 0 Å². The van der Waals surface area contributed by atoms with Crippen molar-refractivity contribution < 1.29 is 38.5 Å². The highest BCUT2D eigenvalue weighted by molar-refractivity contribution is 8.28. The number of hydrogen-bond acceptors (Lipinski definition) is 17. The quantitative estimate of drug-likeness (QED) is 0.0305. The molecule has 232 valence electrons. The molecular formula is C21H40O8S10. The molecule has 0 saturated carbocycles. The van der Waals surface area contributed by atoms with E-state index in [-0.39, 0.29) is 28.9 Å². The molecule has 0 radical (unpaired) electrons. The van der Waals surface area contributed by atoms with E-state index in [1.165, 1.54) is 23.5 Å². The monoisotopic (exact) mass is 740 g/mol. The molecule has 0 aromatic rings. The van der Waals surface area contributed by atoms with Gasteiger partial charge in [-0.1, -0.05) is 23.5 Å². The number of aliphatic hydroxyl groups is 2. The van der Waals surface area contributed by atoms with Gasteiger partial charge >= 0.3 is 5.97 Å². The average molecular weight is 741 g/mol. The van der Waals surface area contributed by atoms with Crippen LogP contribution in [0.4, 0.5) is 0 Å². The molecule has 0 rings (SSSR count). The van der Waals surface area contributed by atoms with E-state index in [9.17, 15) is 13.8 Å². The minimum Gasteiger partial charge on any atom is -0.455 e. The molecule has 1 atom stereocenters. The normalized spacial score (nSPS) is 12.1. The predicted octanol–water partition coefficient (Wildman–Crippen LogP) is 5.51. The summed E-state index contributed by atoms with van der Waals surface area (Å²) in [5, 5.41) is 21.5. The summed E-state index contributed by atoms with van der Waals surface area (Å²) >= 11 is 14.2. The van der Waals surface area contributed by atoms with Gasteiger partial charge in [-0.15, -0.1) is 35.3 Å². The van der Waals surface area contributed by atoms with Gasteiger partial charge in [0.1, 0.15) is 11.9 Å². The first kappa shape index (κ1) is 41.3. The van der Waals surface area contributed by atoms with Crippen LogP contribution in [0, 0.1) is 0 Å². The van der Waals surface area contributed by atoms with Crippen LogP contribution in [0.5, 0.6) is 0 Å². The number of aliphatic hydroxyl groups excluding tert-OH is 2. The summed E-state index contributed by atoms with van der Waals surface area (Å²) in [5.41, 5.74) is 0. The van der Waals surface area contributed by atoms with Crippen LogP contribution in [0.15, 0.2) is 0 Å². The van der Waals surface area contributed by atoms with Crippen molar-refractivity contribution in [1.29, 1.82) is 0 Å². The van der Waals surface area contributed by atoms with Gasteiger partial charge in [-0.3, -0.25) is 13.8 Å². The number of carbonyl (C=O) groups is 2. The van der Waals surface area contributed by atoms with Crippen LogP contribution in [0.2, 0.25) is 0 Å². The largest absolute Gasteiger partial charge is 0.455 e. The van der Waals surface area contributed by atoms with Gasteiger partial charge in [0.25, 0.3) is 0 Å². The van der Waals surface area contributed by atoms with E-state index in [1.54, 1.807) is 58.8 Å². The van der Waals surface area contributed by atoms with Crippen molar-refractivity contribution in [2.24, 2.45) is 0 Å². The lowest BCUT2D eigenvalue weighted by Gasteiger charge is -2.05. The van der Waals surface area contributed by atoms with Crippen LogP contribution in [-0.2, 0) is 34.9 Å². The smallest absolute Gasteiger partial charge is 0.307 e. The van der Waals surface area contributed by atoms with Gasteiger partial charge in [0.05, 0.1) is 30.0 Å². The third-order valence-corrected chi connectivity index (χ3v) is 15.0. The Hall–Kier alpha value is 2.28. The third-order valence-electron chi connectivity index (χ3n) is 3.80. The zero-order chi connectivity index (χ0) is 28.7. The van der Waals surface area contributed by atoms with E-state index in [2.05, 4.69) is 0 Å². The molecular weight excluding hydrogens is 701 g/mol. The third kappa shape index (κ3) is 34.6. The fraction of sp³-hybridized carbons (Fsp3) is 0.905. The molecule has 0 aliphatic rings. The van der Waals surface area contributed by atoms with Crippen molar-refractivity contribution in [3.63, 3.8) is 0 Å². The highest BCUT2D eigenvalue weighted by Gasteiger charge is 2.05. The summed E-state index contributed by atoms with van der Waals surface area (Å²) in [4.78, 5) is 33.2. The molecule has 0 bridgehead atoms. The molecule has 18 heteroatoms. The number of rotatable bonds is 31. The molecule has 2 N–H and O–H groups in total. The van der Waals surface area contributed by atoms with E-state index in [4.69, 9.17) is 24.7 Å². The number of ether oxygens (including phenoxy) is 1. The fourth-order valence-electron chi connectivity index (χ4n) is 2.05. The zero-order valence-corrected chi connectivity index (χ0v) is 30.0. The van der Waals surface area contributed by atoms with Crippen molar-refractivity contribution in [2.75, 3.05) is 84.6 Å². The Morgan fingerprint density at radius 3 is 2.05 bits per heavy atom. The molecule has 0 fully saturated rings.